The first-order chi connectivity index (χ1) is 8.40. The summed E-state index contributed by atoms with van der Waals surface area (Å²) in [6.45, 7) is 0. The average Bonchev–Trinajstić information content (AvgIpc) is 2.39. The number of halogens is 1. The molecule has 0 saturated heterocycles. The molecular formula is C16H13Cl. The van der Waals surface area contributed by atoms with Crippen LogP contribution in [-0.2, 0) is 6.42 Å². The molecule has 0 aromatic heterocycles. The largest absolute Gasteiger partial charge is 0.126 e. The van der Waals surface area contributed by atoms with Gasteiger partial charge in [0.1, 0.15) is 0 Å². The summed E-state index contributed by atoms with van der Waals surface area (Å²) >= 11 is 5.89. The Morgan fingerprint density at radius 1 is 0.765 bits per heavy atom. The Labute approximate surface area is 106 Å². The summed E-state index contributed by atoms with van der Waals surface area (Å²) in [6.07, 6.45) is 0.924. The molecule has 0 fully saturated rings. The summed E-state index contributed by atoms with van der Waals surface area (Å²) in [4.78, 5) is 0. The normalized spacial score (nSPS) is 11.1. The van der Waals surface area contributed by atoms with E-state index < -0.39 is 0 Å². The zero-order chi connectivity index (χ0) is 11.7. The molecule has 3 aromatic rings. The number of hydrogen-bond donors (Lipinski definition) is 0. The molecule has 0 spiro atoms. The zero-order valence-corrected chi connectivity index (χ0v) is 10.2. The van der Waals surface area contributed by atoms with Crippen LogP contribution in [0.25, 0.3) is 21.5 Å². The van der Waals surface area contributed by atoms with Crippen molar-refractivity contribution in [3.63, 3.8) is 0 Å². The van der Waals surface area contributed by atoms with E-state index in [4.69, 9.17) is 11.6 Å². The zero-order valence-electron chi connectivity index (χ0n) is 9.49. The summed E-state index contributed by atoms with van der Waals surface area (Å²) in [5, 5.41) is 5.27. The SMILES string of the molecule is ClCCc1cc2ccccc2c2ccccc12. The van der Waals surface area contributed by atoms with Gasteiger partial charge in [-0.05, 0) is 33.5 Å². The fourth-order valence-corrected chi connectivity index (χ4v) is 2.64. The molecule has 0 aliphatic carbocycles. The molecule has 3 aromatic carbocycles. The highest BCUT2D eigenvalue weighted by Crippen LogP contribution is 2.28. The van der Waals surface area contributed by atoms with Gasteiger partial charge in [-0.3, -0.25) is 0 Å². The second-order valence-corrected chi connectivity index (χ2v) is 4.62. The number of fused-ring (bicyclic) bond motifs is 3. The van der Waals surface area contributed by atoms with Crippen LogP contribution in [-0.4, -0.2) is 5.88 Å². The molecule has 0 heterocycles. The molecule has 0 radical (unpaired) electrons. The van der Waals surface area contributed by atoms with Crippen LogP contribution in [0.15, 0.2) is 54.6 Å². The summed E-state index contributed by atoms with van der Waals surface area (Å²) in [6, 6.07) is 19.4. The third-order valence-corrected chi connectivity index (χ3v) is 3.41. The van der Waals surface area contributed by atoms with E-state index >= 15 is 0 Å². The molecule has 0 unspecified atom stereocenters. The maximum Gasteiger partial charge on any atom is 0.0264 e. The second-order valence-electron chi connectivity index (χ2n) is 4.24. The number of rotatable bonds is 2. The average molecular weight is 241 g/mol. The highest BCUT2D eigenvalue weighted by Gasteiger charge is 2.04. The lowest BCUT2D eigenvalue weighted by atomic mass is 9.96. The van der Waals surface area contributed by atoms with Gasteiger partial charge in [0, 0.05) is 5.88 Å². The van der Waals surface area contributed by atoms with E-state index in [-0.39, 0.29) is 0 Å². The van der Waals surface area contributed by atoms with E-state index in [1.165, 1.54) is 27.1 Å². The molecule has 0 bridgehead atoms. The molecule has 0 atom stereocenters. The first kappa shape index (κ1) is 10.6. The fourth-order valence-electron chi connectivity index (χ4n) is 2.44. The van der Waals surface area contributed by atoms with E-state index in [0.29, 0.717) is 5.88 Å². The Morgan fingerprint density at radius 3 is 2.18 bits per heavy atom. The Hall–Kier alpha value is -1.53. The van der Waals surface area contributed by atoms with Crippen molar-refractivity contribution in [2.75, 3.05) is 5.88 Å². The number of hydrogen-bond acceptors (Lipinski definition) is 0. The van der Waals surface area contributed by atoms with Gasteiger partial charge in [0.15, 0.2) is 0 Å². The molecule has 1 heteroatoms. The monoisotopic (exact) mass is 240 g/mol. The van der Waals surface area contributed by atoms with Crippen LogP contribution in [0, 0.1) is 0 Å². The molecule has 17 heavy (non-hydrogen) atoms. The van der Waals surface area contributed by atoms with Crippen LogP contribution in [0.3, 0.4) is 0 Å². The van der Waals surface area contributed by atoms with Crippen molar-refractivity contribution in [2.24, 2.45) is 0 Å². The molecule has 84 valence electrons. The molecule has 0 amide bonds. The molecular weight excluding hydrogens is 228 g/mol. The van der Waals surface area contributed by atoms with Gasteiger partial charge in [0.2, 0.25) is 0 Å². The summed E-state index contributed by atoms with van der Waals surface area (Å²) in [5.74, 6) is 0.669. The Kier molecular flexibility index (Phi) is 2.74. The lowest BCUT2D eigenvalue weighted by molar-refractivity contribution is 1.17. The van der Waals surface area contributed by atoms with Crippen LogP contribution in [0.2, 0.25) is 0 Å². The van der Waals surface area contributed by atoms with Crippen LogP contribution >= 0.6 is 11.6 Å². The summed E-state index contributed by atoms with van der Waals surface area (Å²) in [7, 11) is 0. The Morgan fingerprint density at radius 2 is 1.41 bits per heavy atom. The van der Waals surface area contributed by atoms with Crippen molar-refractivity contribution in [2.45, 2.75) is 6.42 Å². The third-order valence-electron chi connectivity index (χ3n) is 3.22. The van der Waals surface area contributed by atoms with Gasteiger partial charge in [-0.25, -0.2) is 0 Å². The lowest BCUT2D eigenvalue weighted by Gasteiger charge is -2.09. The molecule has 0 N–H and O–H groups in total. The predicted octanol–water partition coefficient (Wildman–Crippen LogP) is 4.77. The standard InChI is InChI=1S/C16H13Cl/c17-10-9-13-11-12-5-1-2-6-14(12)16-8-4-3-7-15(13)16/h1-8,11H,9-10H2. The number of benzene rings is 3. The topological polar surface area (TPSA) is 0 Å². The molecule has 3 rings (SSSR count). The van der Waals surface area contributed by atoms with Crippen molar-refractivity contribution < 1.29 is 0 Å². The van der Waals surface area contributed by atoms with Gasteiger partial charge < -0.3 is 0 Å². The first-order valence-electron chi connectivity index (χ1n) is 5.85. The van der Waals surface area contributed by atoms with E-state index in [2.05, 4.69) is 54.6 Å². The summed E-state index contributed by atoms with van der Waals surface area (Å²) in [5.41, 5.74) is 1.34. The van der Waals surface area contributed by atoms with Crippen molar-refractivity contribution >= 4 is 33.1 Å². The maximum absolute atomic E-state index is 5.89. The molecule has 0 aliphatic heterocycles. The lowest BCUT2D eigenvalue weighted by Crippen LogP contribution is -1.89. The maximum atomic E-state index is 5.89. The first-order valence-corrected chi connectivity index (χ1v) is 6.39. The van der Waals surface area contributed by atoms with Crippen LogP contribution in [0.5, 0.6) is 0 Å². The van der Waals surface area contributed by atoms with E-state index in [1.807, 2.05) is 0 Å². The fraction of sp³-hybridized carbons (Fsp3) is 0.125. The van der Waals surface area contributed by atoms with Gasteiger partial charge in [-0.1, -0.05) is 54.6 Å². The molecule has 0 aliphatic rings. The Bertz CT molecular complexity index is 670. The van der Waals surface area contributed by atoms with E-state index in [1.54, 1.807) is 0 Å². The minimum atomic E-state index is 0.669. The molecule has 0 nitrogen and oxygen atoms in total. The van der Waals surface area contributed by atoms with Crippen LogP contribution in [0.4, 0.5) is 0 Å². The smallest absolute Gasteiger partial charge is 0.0264 e. The number of aryl methyl sites for hydroxylation is 1. The van der Waals surface area contributed by atoms with Gasteiger partial charge in [0.05, 0.1) is 0 Å². The highest BCUT2D eigenvalue weighted by molar-refractivity contribution is 6.18. The van der Waals surface area contributed by atoms with Gasteiger partial charge in [-0.2, -0.15) is 0 Å². The van der Waals surface area contributed by atoms with Gasteiger partial charge >= 0.3 is 0 Å². The minimum absolute atomic E-state index is 0.669. The van der Waals surface area contributed by atoms with Crippen molar-refractivity contribution in [1.82, 2.24) is 0 Å². The minimum Gasteiger partial charge on any atom is -0.126 e. The van der Waals surface area contributed by atoms with E-state index in [9.17, 15) is 0 Å². The number of alkyl halides is 1. The van der Waals surface area contributed by atoms with Crippen LogP contribution in [0.1, 0.15) is 5.56 Å². The van der Waals surface area contributed by atoms with Crippen LogP contribution < -0.4 is 0 Å². The summed E-state index contributed by atoms with van der Waals surface area (Å²) < 4.78 is 0. The van der Waals surface area contributed by atoms with Gasteiger partial charge in [-0.15, -0.1) is 11.6 Å². The van der Waals surface area contributed by atoms with Gasteiger partial charge in [0.25, 0.3) is 0 Å². The van der Waals surface area contributed by atoms with E-state index in [0.717, 1.165) is 6.42 Å². The predicted molar refractivity (Wildman–Crippen MR) is 75.9 cm³/mol. The van der Waals surface area contributed by atoms with Crippen molar-refractivity contribution in [1.29, 1.82) is 0 Å². The quantitative estimate of drug-likeness (QED) is 0.447. The van der Waals surface area contributed by atoms with Crippen molar-refractivity contribution in [3.8, 4) is 0 Å². The highest BCUT2D eigenvalue weighted by atomic mass is 35.5. The molecule has 0 saturated carbocycles. The Balaban J connectivity index is 2.45. The van der Waals surface area contributed by atoms with Crippen molar-refractivity contribution in [3.05, 3.63) is 60.2 Å². The third kappa shape index (κ3) is 1.79. The second kappa shape index (κ2) is 4.38.